The summed E-state index contributed by atoms with van der Waals surface area (Å²) in [6, 6.07) is 26.7. The van der Waals surface area contributed by atoms with Crippen molar-refractivity contribution in [2.45, 2.75) is 4.90 Å². The first-order valence-electron chi connectivity index (χ1n) is 10.7. The Kier molecular flexibility index (Phi) is 6.17. The molecule has 36 heavy (non-hydrogen) atoms. The molecule has 0 aliphatic heterocycles. The molecule has 1 amide bonds. The van der Waals surface area contributed by atoms with Gasteiger partial charge in [0.15, 0.2) is 0 Å². The number of rotatable bonds is 5. The van der Waals surface area contributed by atoms with Crippen molar-refractivity contribution < 1.29 is 13.2 Å². The van der Waals surface area contributed by atoms with E-state index in [1.165, 1.54) is 35.0 Å². The number of fused-ring (bicyclic) bond motifs is 1. The first-order valence-corrected chi connectivity index (χ1v) is 12.9. The van der Waals surface area contributed by atoms with Gasteiger partial charge < -0.3 is 0 Å². The Labute approximate surface area is 216 Å². The molecule has 10 heteroatoms. The number of amides is 1. The van der Waals surface area contributed by atoms with Crippen molar-refractivity contribution in [3.8, 4) is 11.4 Å². The summed E-state index contributed by atoms with van der Waals surface area (Å²) in [6.45, 7) is 0. The molecule has 0 aliphatic rings. The van der Waals surface area contributed by atoms with E-state index in [2.05, 4.69) is 0 Å². The standard InChI is InChI=1S/C26H17Cl2N3O4S/c27-18-12-14-24(22(28)16-18)36(34,35)29-25(32)17-11-13-23-21(15-17)26(33)31(20-9-5-2-6-10-20)30(23)19-7-3-1-4-8-19/h1-16H,(H,29,32). The fourth-order valence-electron chi connectivity index (χ4n) is 3.90. The average molecular weight is 538 g/mol. The van der Waals surface area contributed by atoms with Crippen molar-refractivity contribution in [2.75, 3.05) is 0 Å². The van der Waals surface area contributed by atoms with Crippen LogP contribution in [0, 0.1) is 0 Å². The molecule has 0 saturated carbocycles. The second-order valence-corrected chi connectivity index (χ2v) is 10.3. The number of carbonyl (C=O) groups is 1. The van der Waals surface area contributed by atoms with E-state index in [9.17, 15) is 18.0 Å². The minimum absolute atomic E-state index is 0.00122. The van der Waals surface area contributed by atoms with Crippen LogP contribution in [0.1, 0.15) is 10.4 Å². The monoisotopic (exact) mass is 537 g/mol. The van der Waals surface area contributed by atoms with Crippen molar-refractivity contribution in [2.24, 2.45) is 0 Å². The third kappa shape index (κ3) is 4.30. The molecule has 0 radical (unpaired) electrons. The zero-order valence-corrected chi connectivity index (χ0v) is 20.8. The van der Waals surface area contributed by atoms with Crippen LogP contribution in [-0.2, 0) is 10.0 Å². The van der Waals surface area contributed by atoms with E-state index >= 15 is 0 Å². The highest BCUT2D eigenvalue weighted by Crippen LogP contribution is 2.26. The summed E-state index contributed by atoms with van der Waals surface area (Å²) in [4.78, 5) is 26.2. The maximum atomic E-state index is 13.5. The lowest BCUT2D eigenvalue weighted by Gasteiger charge is -2.13. The van der Waals surface area contributed by atoms with E-state index in [-0.39, 0.29) is 31.4 Å². The van der Waals surface area contributed by atoms with Crippen LogP contribution in [-0.4, -0.2) is 23.7 Å². The Morgan fingerprint density at radius 3 is 1.97 bits per heavy atom. The van der Waals surface area contributed by atoms with Crippen LogP contribution in [0.25, 0.3) is 22.3 Å². The molecule has 0 unspecified atom stereocenters. The van der Waals surface area contributed by atoms with Crippen LogP contribution in [0.3, 0.4) is 0 Å². The third-order valence-electron chi connectivity index (χ3n) is 5.52. The molecule has 1 N–H and O–H groups in total. The van der Waals surface area contributed by atoms with E-state index in [4.69, 9.17) is 23.2 Å². The molecule has 0 spiro atoms. The maximum Gasteiger partial charge on any atom is 0.279 e. The molecule has 0 saturated heterocycles. The summed E-state index contributed by atoms with van der Waals surface area (Å²) in [5, 5.41) is 0.384. The fourth-order valence-corrected chi connectivity index (χ4v) is 5.65. The van der Waals surface area contributed by atoms with Crippen LogP contribution < -0.4 is 10.3 Å². The number of hydrogen-bond donors (Lipinski definition) is 1. The third-order valence-corrected chi connectivity index (χ3v) is 7.57. The Hall–Kier alpha value is -3.85. The number of benzene rings is 4. The number of hydrogen-bond acceptors (Lipinski definition) is 4. The van der Waals surface area contributed by atoms with Crippen molar-refractivity contribution in [1.29, 1.82) is 0 Å². The number of halogens is 2. The smallest absolute Gasteiger partial charge is 0.268 e. The van der Waals surface area contributed by atoms with Crippen molar-refractivity contribution in [3.05, 3.63) is 123 Å². The predicted molar refractivity (Wildman–Crippen MR) is 140 cm³/mol. The molecule has 0 aliphatic carbocycles. The zero-order valence-electron chi connectivity index (χ0n) is 18.4. The van der Waals surface area contributed by atoms with Gasteiger partial charge in [-0.05, 0) is 60.7 Å². The molecule has 180 valence electrons. The molecule has 5 aromatic rings. The second-order valence-electron chi connectivity index (χ2n) is 7.84. The SMILES string of the molecule is O=C(NS(=O)(=O)c1ccc(Cl)cc1Cl)c1ccc2c(c1)c(=O)n(-c1ccccc1)n2-c1ccccc1. The minimum Gasteiger partial charge on any atom is -0.268 e. The number of nitrogens with one attached hydrogen (secondary N) is 1. The average Bonchev–Trinajstić information content (AvgIpc) is 3.16. The quantitative estimate of drug-likeness (QED) is 0.333. The zero-order chi connectivity index (χ0) is 25.4. The Morgan fingerprint density at radius 1 is 0.750 bits per heavy atom. The van der Waals surface area contributed by atoms with E-state index in [1.54, 1.807) is 22.9 Å². The van der Waals surface area contributed by atoms with Crippen LogP contribution in [0.5, 0.6) is 0 Å². The molecular weight excluding hydrogens is 521 g/mol. The number of sulfonamides is 1. The second kappa shape index (κ2) is 9.31. The summed E-state index contributed by atoms with van der Waals surface area (Å²) >= 11 is 11.9. The highest BCUT2D eigenvalue weighted by molar-refractivity contribution is 7.90. The van der Waals surface area contributed by atoms with E-state index in [0.717, 1.165) is 5.69 Å². The molecule has 1 heterocycles. The summed E-state index contributed by atoms with van der Waals surface area (Å²) < 4.78 is 30.8. The molecule has 0 fully saturated rings. The topological polar surface area (TPSA) is 90.2 Å². The summed E-state index contributed by atoms with van der Waals surface area (Å²) in [6.07, 6.45) is 0. The van der Waals surface area contributed by atoms with Crippen LogP contribution in [0.2, 0.25) is 10.0 Å². The first-order chi connectivity index (χ1) is 17.3. The number of carbonyl (C=O) groups excluding carboxylic acids is 1. The molecule has 5 rings (SSSR count). The van der Waals surface area contributed by atoms with Gasteiger partial charge in [0.1, 0.15) is 4.90 Å². The van der Waals surface area contributed by atoms with E-state index < -0.39 is 15.9 Å². The summed E-state index contributed by atoms with van der Waals surface area (Å²) in [5.74, 6) is -0.902. The fraction of sp³-hybridized carbons (Fsp3) is 0. The molecule has 0 atom stereocenters. The summed E-state index contributed by atoms with van der Waals surface area (Å²) in [7, 11) is -4.29. The van der Waals surface area contributed by atoms with Gasteiger partial charge in [-0.15, -0.1) is 0 Å². The van der Waals surface area contributed by atoms with Gasteiger partial charge >= 0.3 is 0 Å². The maximum absolute atomic E-state index is 13.5. The van der Waals surface area contributed by atoms with Crippen molar-refractivity contribution in [3.63, 3.8) is 0 Å². The largest absolute Gasteiger partial charge is 0.279 e. The van der Waals surface area contributed by atoms with Gasteiger partial charge in [0.2, 0.25) is 0 Å². The van der Waals surface area contributed by atoms with Crippen molar-refractivity contribution >= 4 is 50.0 Å². The molecular formula is C26H17Cl2N3O4S. The lowest BCUT2D eigenvalue weighted by molar-refractivity contribution is 0.0981. The predicted octanol–water partition coefficient (Wildman–Crippen LogP) is 5.21. The number of para-hydroxylation sites is 2. The van der Waals surface area contributed by atoms with Crippen LogP contribution in [0.15, 0.2) is 107 Å². The van der Waals surface area contributed by atoms with Gasteiger partial charge in [-0.1, -0.05) is 59.6 Å². The lowest BCUT2D eigenvalue weighted by atomic mass is 10.1. The Balaban J connectivity index is 1.62. The van der Waals surface area contributed by atoms with E-state index in [1.807, 2.05) is 53.3 Å². The molecule has 7 nitrogen and oxygen atoms in total. The van der Waals surface area contributed by atoms with E-state index in [0.29, 0.717) is 11.2 Å². The van der Waals surface area contributed by atoms with Crippen molar-refractivity contribution in [1.82, 2.24) is 14.1 Å². The van der Waals surface area contributed by atoms with Gasteiger partial charge in [-0.3, -0.25) is 9.59 Å². The first kappa shape index (κ1) is 23.9. The Bertz CT molecular complexity index is 1780. The summed E-state index contributed by atoms with van der Waals surface area (Å²) in [5.41, 5.74) is 1.56. The molecule has 4 aromatic carbocycles. The highest BCUT2D eigenvalue weighted by atomic mass is 35.5. The normalized spacial score (nSPS) is 11.5. The van der Waals surface area contributed by atoms with Gasteiger partial charge in [-0.25, -0.2) is 22.5 Å². The van der Waals surface area contributed by atoms with Crippen LogP contribution in [0.4, 0.5) is 0 Å². The van der Waals surface area contributed by atoms with Gasteiger partial charge in [0.05, 0.1) is 27.3 Å². The molecule has 1 aromatic heterocycles. The number of aromatic nitrogens is 2. The molecule has 0 bridgehead atoms. The van der Waals surface area contributed by atoms with Gasteiger partial charge in [0.25, 0.3) is 21.5 Å². The van der Waals surface area contributed by atoms with Gasteiger partial charge in [0, 0.05) is 10.6 Å². The Morgan fingerprint density at radius 2 is 1.36 bits per heavy atom. The lowest BCUT2D eigenvalue weighted by Crippen LogP contribution is -2.30. The van der Waals surface area contributed by atoms with Gasteiger partial charge in [-0.2, -0.15) is 0 Å². The van der Waals surface area contributed by atoms with Crippen LogP contribution >= 0.6 is 23.2 Å². The minimum atomic E-state index is -4.29. The highest BCUT2D eigenvalue weighted by Gasteiger charge is 2.23. The number of nitrogens with zero attached hydrogens (tertiary/aromatic N) is 2.